The van der Waals surface area contributed by atoms with Crippen molar-refractivity contribution in [3.63, 3.8) is 0 Å². The van der Waals surface area contributed by atoms with E-state index in [1.807, 2.05) is 18.2 Å². The lowest BCUT2D eigenvalue weighted by Gasteiger charge is -2.25. The Morgan fingerprint density at radius 3 is 1.66 bits per heavy atom. The topological polar surface area (TPSA) is 8.17 Å². The number of fused-ring (bicyclic) bond motifs is 3. The summed E-state index contributed by atoms with van der Waals surface area (Å²) in [5.41, 5.74) is 7.04. The van der Waals surface area contributed by atoms with Gasteiger partial charge in [-0.2, -0.15) is 0 Å². The number of aromatic nitrogens is 1. The molecule has 0 spiro atoms. The highest BCUT2D eigenvalue weighted by molar-refractivity contribution is 6.54. The average molecular weight is 419 g/mol. The highest BCUT2D eigenvalue weighted by Crippen LogP contribution is 2.41. The predicted octanol–water partition coefficient (Wildman–Crippen LogP) is 5.47. The molecule has 0 aliphatic heterocycles. The van der Waals surface area contributed by atoms with Crippen LogP contribution in [0, 0.1) is 0 Å². The second-order valence-electron chi connectivity index (χ2n) is 10.8. The van der Waals surface area contributed by atoms with Crippen LogP contribution in [0.25, 0.3) is 0 Å². The Bertz CT molecular complexity index is 855. The number of benzene rings is 1. The lowest BCUT2D eigenvalue weighted by Crippen LogP contribution is -2.32. The second-order valence-corrected chi connectivity index (χ2v) is 10.8. The average Bonchev–Trinajstić information content (AvgIpc) is 3.06. The van der Waals surface area contributed by atoms with Crippen molar-refractivity contribution >= 4 is 36.9 Å². The Kier molecular flexibility index (Phi) is 7.27. The fraction of sp³-hybridized carbons (Fsp3) is 0.615. The predicted molar refractivity (Wildman–Crippen MR) is 140 cm³/mol. The molecule has 0 saturated heterocycles. The Hall–Kier alpha value is -1.44. The SMILES string of the molecule is [B]N([B]n1c2c(c3c1CCCC([B])(C)CCC3)CCCC([B])(C)CCC2)c1ccccc1. The van der Waals surface area contributed by atoms with Crippen molar-refractivity contribution in [2.24, 2.45) is 0 Å². The van der Waals surface area contributed by atoms with Crippen molar-refractivity contribution in [2.45, 2.75) is 102 Å². The van der Waals surface area contributed by atoms with Crippen LogP contribution in [0.5, 0.6) is 0 Å². The van der Waals surface area contributed by atoms with E-state index >= 15 is 0 Å². The molecule has 7 radical (unpaired) electrons. The lowest BCUT2D eigenvalue weighted by molar-refractivity contribution is 0.488. The van der Waals surface area contributed by atoms with Crippen molar-refractivity contribution in [2.75, 3.05) is 4.72 Å². The molecule has 2 nitrogen and oxygen atoms in total. The molecule has 32 heavy (non-hydrogen) atoms. The van der Waals surface area contributed by atoms with E-state index in [1.54, 1.807) is 15.8 Å². The molecule has 1 aromatic carbocycles. The first-order chi connectivity index (χ1) is 15.3. The third kappa shape index (κ3) is 5.54. The van der Waals surface area contributed by atoms with Gasteiger partial charge < -0.3 is 9.20 Å². The summed E-state index contributed by atoms with van der Waals surface area (Å²) in [6.07, 6.45) is 13.2. The minimum atomic E-state index is -0.0603. The minimum absolute atomic E-state index is 0.0603. The molecular formula is C26H35B4N2. The van der Waals surface area contributed by atoms with Crippen LogP contribution in [0.15, 0.2) is 30.3 Å². The number of hydrogen-bond acceptors (Lipinski definition) is 1. The summed E-state index contributed by atoms with van der Waals surface area (Å²) in [6, 6.07) is 10.2. The number of hydrogen-bond donors (Lipinski definition) is 0. The van der Waals surface area contributed by atoms with E-state index in [0.717, 1.165) is 82.7 Å². The molecule has 2 unspecified atom stereocenters. The number of nitrogens with zero attached hydrogens (tertiary/aromatic N) is 2. The molecule has 0 N–H and O–H groups in total. The fourth-order valence-electron chi connectivity index (χ4n) is 5.77. The van der Waals surface area contributed by atoms with E-state index < -0.39 is 0 Å². The third-order valence-electron chi connectivity index (χ3n) is 7.61. The molecule has 1 aromatic heterocycles. The number of anilines is 1. The fourth-order valence-corrected chi connectivity index (χ4v) is 5.77. The van der Waals surface area contributed by atoms with E-state index in [4.69, 9.17) is 23.7 Å². The monoisotopic (exact) mass is 419 g/mol. The molecule has 2 aliphatic rings. The smallest absolute Gasteiger partial charge is 0.381 e. The van der Waals surface area contributed by atoms with Gasteiger partial charge in [0.1, 0.15) is 0 Å². The molecule has 2 aromatic rings. The van der Waals surface area contributed by atoms with Crippen LogP contribution >= 0.6 is 0 Å². The van der Waals surface area contributed by atoms with Crippen LogP contribution in [-0.2, 0) is 25.7 Å². The summed E-state index contributed by atoms with van der Waals surface area (Å²) < 4.78 is 4.22. The molecule has 0 amide bonds. The maximum atomic E-state index is 6.59. The van der Waals surface area contributed by atoms with Crippen LogP contribution in [0.1, 0.15) is 87.7 Å². The molecule has 6 heteroatoms. The maximum absolute atomic E-state index is 6.59. The van der Waals surface area contributed by atoms with Crippen LogP contribution in [-0.4, -0.2) is 35.7 Å². The van der Waals surface area contributed by atoms with Gasteiger partial charge in [-0.15, -0.1) is 0 Å². The van der Waals surface area contributed by atoms with E-state index in [9.17, 15) is 0 Å². The van der Waals surface area contributed by atoms with Crippen LogP contribution in [0.2, 0.25) is 10.6 Å². The maximum Gasteiger partial charge on any atom is 0.381 e. The summed E-state index contributed by atoms with van der Waals surface area (Å²) >= 11 is 0. The van der Waals surface area contributed by atoms with Crippen molar-refractivity contribution < 1.29 is 0 Å². The van der Waals surface area contributed by atoms with E-state index in [-0.39, 0.29) is 10.6 Å². The van der Waals surface area contributed by atoms with Crippen molar-refractivity contribution in [3.05, 3.63) is 52.8 Å². The normalized spacial score (nSPS) is 26.8. The highest BCUT2D eigenvalue weighted by Gasteiger charge is 2.28. The molecule has 4 rings (SSSR count). The molecule has 161 valence electrons. The van der Waals surface area contributed by atoms with Gasteiger partial charge in [-0.25, -0.2) is 0 Å². The molecule has 0 bridgehead atoms. The van der Waals surface area contributed by atoms with Gasteiger partial charge in [0.15, 0.2) is 0 Å². The van der Waals surface area contributed by atoms with Gasteiger partial charge in [0.25, 0.3) is 0 Å². The van der Waals surface area contributed by atoms with Gasteiger partial charge >= 0.3 is 7.55 Å². The van der Waals surface area contributed by atoms with Gasteiger partial charge in [0, 0.05) is 17.1 Å². The summed E-state index contributed by atoms with van der Waals surface area (Å²) in [4.78, 5) is 0. The summed E-state index contributed by atoms with van der Waals surface area (Å²) in [5, 5.41) is -0.121. The molecule has 1 heterocycles. The van der Waals surface area contributed by atoms with E-state index in [1.165, 1.54) is 11.4 Å². The largest absolute Gasteiger partial charge is 0.454 e. The Morgan fingerprint density at radius 2 is 1.19 bits per heavy atom. The molecule has 2 aliphatic carbocycles. The summed E-state index contributed by atoms with van der Waals surface area (Å²) in [5.74, 6) is 0. The summed E-state index contributed by atoms with van der Waals surface area (Å²) in [6.45, 7) is 4.44. The molecule has 0 fully saturated rings. The van der Waals surface area contributed by atoms with Gasteiger partial charge in [-0.05, 0) is 74.6 Å². The Balaban J connectivity index is 1.72. The zero-order valence-corrected chi connectivity index (χ0v) is 20.1. The standard InChI is InChI=1S/C26H35B4N2/c1-25(27)16-6-12-21-22-13-7-17-26(2,28)19-9-15-24(22)31(23(21)14-8-18-25)30-32(29)20-10-4-3-5-11-20/h3-5,10-11H,6-9,12-19H2,1-2H3. The van der Waals surface area contributed by atoms with Crippen molar-refractivity contribution in [1.29, 1.82) is 0 Å². The first-order valence-corrected chi connectivity index (χ1v) is 12.5. The van der Waals surface area contributed by atoms with Crippen molar-refractivity contribution in [1.82, 2.24) is 4.48 Å². The lowest BCUT2D eigenvalue weighted by atomic mass is 9.64. The van der Waals surface area contributed by atoms with Gasteiger partial charge in [0.2, 0.25) is 7.98 Å². The van der Waals surface area contributed by atoms with Crippen LogP contribution in [0.3, 0.4) is 0 Å². The second kappa shape index (κ2) is 9.82. The highest BCUT2D eigenvalue weighted by atomic mass is 15.1. The van der Waals surface area contributed by atoms with E-state index in [2.05, 4.69) is 38.0 Å². The summed E-state index contributed by atoms with van der Waals surface area (Å²) in [7, 11) is 21.9. The first kappa shape index (κ1) is 23.7. The third-order valence-corrected chi connectivity index (χ3v) is 7.61. The Labute approximate surface area is 200 Å². The van der Waals surface area contributed by atoms with Crippen molar-refractivity contribution in [3.8, 4) is 0 Å². The molecular weight excluding hydrogens is 384 g/mol. The number of para-hydroxylation sites is 1. The minimum Gasteiger partial charge on any atom is -0.454 e. The van der Waals surface area contributed by atoms with Gasteiger partial charge in [-0.3, -0.25) is 0 Å². The molecule has 2 atom stereocenters. The zero-order chi connectivity index (χ0) is 22.8. The quantitative estimate of drug-likeness (QED) is 0.600. The van der Waals surface area contributed by atoms with E-state index in [0.29, 0.717) is 0 Å². The van der Waals surface area contributed by atoms with Crippen LogP contribution in [0.4, 0.5) is 5.69 Å². The first-order valence-electron chi connectivity index (χ1n) is 12.5. The molecule has 0 saturated carbocycles. The zero-order valence-electron chi connectivity index (χ0n) is 20.1. The van der Waals surface area contributed by atoms with Gasteiger partial charge in [0.05, 0.1) is 15.7 Å². The van der Waals surface area contributed by atoms with Crippen LogP contribution < -0.4 is 4.72 Å². The number of rotatable bonds is 3. The Morgan fingerprint density at radius 1 is 0.750 bits per heavy atom. The van der Waals surface area contributed by atoms with Gasteiger partial charge in [-0.1, -0.05) is 68.4 Å².